The molecule has 0 bridgehead atoms. The molecular formula is C22H26N4O4S. The fourth-order valence-electron chi connectivity index (χ4n) is 3.33. The van der Waals surface area contributed by atoms with Crippen molar-refractivity contribution in [2.45, 2.75) is 39.8 Å². The van der Waals surface area contributed by atoms with Crippen LogP contribution in [0.15, 0.2) is 53.1 Å². The molecule has 0 saturated heterocycles. The summed E-state index contributed by atoms with van der Waals surface area (Å²) < 4.78 is 31.4. The Balaban J connectivity index is 1.76. The molecule has 164 valence electrons. The van der Waals surface area contributed by atoms with Gasteiger partial charge in [0.1, 0.15) is 6.04 Å². The maximum Gasteiger partial charge on any atom is 0.246 e. The second kappa shape index (κ2) is 9.30. The summed E-state index contributed by atoms with van der Waals surface area (Å²) in [4.78, 5) is 17.2. The van der Waals surface area contributed by atoms with Gasteiger partial charge < -0.3 is 9.84 Å². The van der Waals surface area contributed by atoms with E-state index in [1.54, 1.807) is 25.1 Å². The monoisotopic (exact) mass is 442 g/mol. The van der Waals surface area contributed by atoms with E-state index in [9.17, 15) is 13.2 Å². The third kappa shape index (κ3) is 5.49. The summed E-state index contributed by atoms with van der Waals surface area (Å²) in [6, 6.07) is 13.8. The number of hydrogen-bond acceptors (Lipinski definition) is 6. The zero-order valence-corrected chi connectivity index (χ0v) is 18.8. The van der Waals surface area contributed by atoms with E-state index in [0.717, 1.165) is 27.3 Å². The molecule has 0 aliphatic heterocycles. The van der Waals surface area contributed by atoms with E-state index in [0.29, 0.717) is 17.9 Å². The average Bonchev–Trinajstić information content (AvgIpc) is 3.18. The van der Waals surface area contributed by atoms with Gasteiger partial charge in [0.05, 0.1) is 18.5 Å². The lowest BCUT2D eigenvalue weighted by Gasteiger charge is -2.30. The van der Waals surface area contributed by atoms with Gasteiger partial charge in [-0.15, -0.1) is 0 Å². The van der Waals surface area contributed by atoms with E-state index in [2.05, 4.69) is 15.5 Å². The molecule has 1 amide bonds. The largest absolute Gasteiger partial charge is 0.345 e. The minimum atomic E-state index is -3.69. The third-order valence-electron chi connectivity index (χ3n) is 4.74. The van der Waals surface area contributed by atoms with E-state index in [-0.39, 0.29) is 12.4 Å². The van der Waals surface area contributed by atoms with Gasteiger partial charge in [-0.25, -0.2) is 8.42 Å². The Bertz CT molecular complexity index is 1170. The number of aryl methyl sites for hydroxylation is 2. The molecule has 1 unspecified atom stereocenters. The number of amides is 1. The number of carbonyl (C=O) groups excluding carboxylic acids is 1. The van der Waals surface area contributed by atoms with Crippen molar-refractivity contribution in [3.05, 3.63) is 65.5 Å². The zero-order chi connectivity index (χ0) is 22.6. The highest BCUT2D eigenvalue weighted by Crippen LogP contribution is 2.23. The Morgan fingerprint density at radius 2 is 1.81 bits per heavy atom. The quantitative estimate of drug-likeness (QED) is 0.574. The van der Waals surface area contributed by atoms with Gasteiger partial charge in [0.2, 0.25) is 27.6 Å². The molecule has 3 aromatic rings. The number of nitrogens with zero attached hydrogens (tertiary/aromatic N) is 3. The summed E-state index contributed by atoms with van der Waals surface area (Å²) in [5.41, 5.74) is 3.23. The number of sulfonamides is 1. The SMILES string of the molecule is CCC(C(=O)NCc1nc(-c2cccc(C)c2)no1)N(c1cccc(C)c1)S(C)(=O)=O. The van der Waals surface area contributed by atoms with Crippen molar-refractivity contribution in [1.82, 2.24) is 15.5 Å². The van der Waals surface area contributed by atoms with Gasteiger partial charge in [0, 0.05) is 5.56 Å². The van der Waals surface area contributed by atoms with E-state index < -0.39 is 22.0 Å². The van der Waals surface area contributed by atoms with Gasteiger partial charge in [0.25, 0.3) is 0 Å². The lowest BCUT2D eigenvalue weighted by Crippen LogP contribution is -2.49. The molecule has 2 aromatic carbocycles. The van der Waals surface area contributed by atoms with Crippen LogP contribution < -0.4 is 9.62 Å². The number of aromatic nitrogens is 2. The van der Waals surface area contributed by atoms with Crippen LogP contribution in [0.5, 0.6) is 0 Å². The fourth-order valence-corrected chi connectivity index (χ4v) is 4.54. The van der Waals surface area contributed by atoms with Crippen LogP contribution in [0.1, 0.15) is 30.4 Å². The second-order valence-electron chi connectivity index (χ2n) is 7.42. The van der Waals surface area contributed by atoms with Crippen LogP contribution in [0.3, 0.4) is 0 Å². The fraction of sp³-hybridized carbons (Fsp3) is 0.318. The van der Waals surface area contributed by atoms with Crippen molar-refractivity contribution in [2.24, 2.45) is 0 Å². The normalized spacial score (nSPS) is 12.4. The van der Waals surface area contributed by atoms with E-state index in [1.165, 1.54) is 0 Å². The summed E-state index contributed by atoms with van der Waals surface area (Å²) >= 11 is 0. The Morgan fingerprint density at radius 3 is 2.42 bits per heavy atom. The maximum absolute atomic E-state index is 12.9. The van der Waals surface area contributed by atoms with Crippen molar-refractivity contribution >= 4 is 21.6 Å². The van der Waals surface area contributed by atoms with Crippen LogP contribution in [-0.4, -0.2) is 36.8 Å². The highest BCUT2D eigenvalue weighted by Gasteiger charge is 2.31. The second-order valence-corrected chi connectivity index (χ2v) is 9.28. The predicted octanol–water partition coefficient (Wildman–Crippen LogP) is 3.21. The van der Waals surface area contributed by atoms with Crippen molar-refractivity contribution < 1.29 is 17.7 Å². The molecule has 8 nitrogen and oxygen atoms in total. The average molecular weight is 443 g/mol. The number of carbonyl (C=O) groups is 1. The lowest BCUT2D eigenvalue weighted by atomic mass is 10.1. The standard InChI is InChI=1S/C22H26N4O4S/c1-5-19(26(31(4,28)29)18-11-7-9-16(3)13-18)22(27)23-14-20-24-21(25-30-20)17-10-6-8-15(2)12-17/h6-13,19H,5,14H2,1-4H3,(H,23,27). The molecule has 0 aliphatic carbocycles. The molecule has 1 aromatic heterocycles. The first-order chi connectivity index (χ1) is 14.7. The van der Waals surface area contributed by atoms with Gasteiger partial charge in [-0.3, -0.25) is 9.10 Å². The Hall–Kier alpha value is -3.20. The van der Waals surface area contributed by atoms with Gasteiger partial charge in [0.15, 0.2) is 0 Å². The summed E-state index contributed by atoms with van der Waals surface area (Å²) in [5, 5.41) is 6.68. The molecule has 0 radical (unpaired) electrons. The van der Waals surface area contributed by atoms with E-state index in [1.807, 2.05) is 44.2 Å². The number of nitrogens with one attached hydrogen (secondary N) is 1. The van der Waals surface area contributed by atoms with Gasteiger partial charge in [-0.1, -0.05) is 48.0 Å². The predicted molar refractivity (Wildman–Crippen MR) is 119 cm³/mol. The Kier molecular flexibility index (Phi) is 6.74. The third-order valence-corrected chi connectivity index (χ3v) is 5.92. The number of hydrogen-bond donors (Lipinski definition) is 1. The van der Waals surface area contributed by atoms with Gasteiger partial charge in [-0.05, 0) is 44.0 Å². The molecular weight excluding hydrogens is 416 g/mol. The molecule has 0 spiro atoms. The highest BCUT2D eigenvalue weighted by molar-refractivity contribution is 7.92. The van der Waals surface area contributed by atoms with Crippen molar-refractivity contribution in [2.75, 3.05) is 10.6 Å². The first-order valence-electron chi connectivity index (χ1n) is 9.92. The molecule has 1 N–H and O–H groups in total. The van der Waals surface area contributed by atoms with Crippen LogP contribution in [-0.2, 0) is 21.4 Å². The van der Waals surface area contributed by atoms with Crippen LogP contribution in [0.4, 0.5) is 5.69 Å². The first kappa shape index (κ1) is 22.5. The minimum absolute atomic E-state index is 0.000428. The lowest BCUT2D eigenvalue weighted by molar-refractivity contribution is -0.122. The molecule has 9 heteroatoms. The first-order valence-corrected chi connectivity index (χ1v) is 11.8. The molecule has 0 fully saturated rings. The zero-order valence-electron chi connectivity index (χ0n) is 18.0. The minimum Gasteiger partial charge on any atom is -0.345 e. The molecule has 0 saturated carbocycles. The Morgan fingerprint density at radius 1 is 1.13 bits per heavy atom. The van der Waals surface area contributed by atoms with Crippen molar-refractivity contribution in [3.63, 3.8) is 0 Å². The van der Waals surface area contributed by atoms with Gasteiger partial charge >= 0.3 is 0 Å². The van der Waals surface area contributed by atoms with E-state index >= 15 is 0 Å². The summed E-state index contributed by atoms with van der Waals surface area (Å²) in [5.74, 6) is 0.225. The number of benzene rings is 2. The topological polar surface area (TPSA) is 105 Å². The molecule has 31 heavy (non-hydrogen) atoms. The maximum atomic E-state index is 12.9. The molecule has 0 aliphatic rings. The summed E-state index contributed by atoms with van der Waals surface area (Å²) in [7, 11) is -3.69. The number of anilines is 1. The van der Waals surface area contributed by atoms with Crippen LogP contribution in [0, 0.1) is 13.8 Å². The van der Waals surface area contributed by atoms with Crippen LogP contribution in [0.2, 0.25) is 0 Å². The summed E-state index contributed by atoms with van der Waals surface area (Å²) in [6.45, 7) is 5.60. The molecule has 3 rings (SSSR count). The van der Waals surface area contributed by atoms with E-state index in [4.69, 9.17) is 4.52 Å². The highest BCUT2D eigenvalue weighted by atomic mass is 32.2. The Labute approximate surface area is 182 Å². The smallest absolute Gasteiger partial charge is 0.246 e. The molecule has 1 heterocycles. The number of rotatable bonds is 8. The molecule has 1 atom stereocenters. The van der Waals surface area contributed by atoms with Crippen molar-refractivity contribution in [3.8, 4) is 11.4 Å². The summed E-state index contributed by atoms with van der Waals surface area (Å²) in [6.07, 6.45) is 1.39. The van der Waals surface area contributed by atoms with Gasteiger partial charge in [-0.2, -0.15) is 4.98 Å². The van der Waals surface area contributed by atoms with Crippen molar-refractivity contribution in [1.29, 1.82) is 0 Å². The van der Waals surface area contributed by atoms with Crippen LogP contribution in [0.25, 0.3) is 11.4 Å². The van der Waals surface area contributed by atoms with Crippen LogP contribution >= 0.6 is 0 Å².